The molecule has 0 radical (unpaired) electrons. The summed E-state index contributed by atoms with van der Waals surface area (Å²) >= 11 is 7.35. The molecule has 0 spiro atoms. The second-order valence-corrected chi connectivity index (χ2v) is 5.57. The van der Waals surface area contributed by atoms with E-state index < -0.39 is 0 Å². The molecular formula is C13H9ClOS. The van der Waals surface area contributed by atoms with Gasteiger partial charge in [-0.3, -0.25) is 4.79 Å². The maximum atomic E-state index is 12.3. The molecule has 1 nitrogen and oxygen atoms in total. The van der Waals surface area contributed by atoms with E-state index in [2.05, 4.69) is 0 Å². The molecule has 1 aromatic carbocycles. The van der Waals surface area contributed by atoms with Crippen LogP contribution in [0, 0.1) is 0 Å². The number of ketones is 1. The average Bonchev–Trinajstić information content (AvgIpc) is 2.62. The minimum atomic E-state index is 0.125. The van der Waals surface area contributed by atoms with Crippen LogP contribution in [0.3, 0.4) is 0 Å². The van der Waals surface area contributed by atoms with Crippen molar-refractivity contribution >= 4 is 28.7 Å². The molecule has 0 atom stereocenters. The minimum absolute atomic E-state index is 0.125. The quantitative estimate of drug-likeness (QED) is 0.694. The Hall–Kier alpha value is -1.12. The Bertz CT molecular complexity index is 571. The van der Waals surface area contributed by atoms with Crippen molar-refractivity contribution in [1.29, 1.82) is 0 Å². The molecule has 0 saturated carbocycles. The lowest BCUT2D eigenvalue weighted by Crippen LogP contribution is -2.00. The number of thiophene rings is 1. The highest BCUT2D eigenvalue weighted by molar-refractivity contribution is 7.18. The first-order valence-corrected chi connectivity index (χ1v) is 6.36. The Morgan fingerprint density at radius 2 is 1.88 bits per heavy atom. The van der Waals surface area contributed by atoms with Crippen molar-refractivity contribution in [2.24, 2.45) is 0 Å². The summed E-state index contributed by atoms with van der Waals surface area (Å²) in [6.07, 6.45) is 1.82. The van der Waals surface area contributed by atoms with E-state index in [4.69, 9.17) is 11.6 Å². The van der Waals surface area contributed by atoms with Crippen LogP contribution in [0.5, 0.6) is 0 Å². The molecule has 0 amide bonds. The SMILES string of the molecule is O=C1c2ccccc2CCc2cc(Cl)sc21. The van der Waals surface area contributed by atoms with Gasteiger partial charge in [0.1, 0.15) is 0 Å². The lowest BCUT2D eigenvalue weighted by Gasteiger charge is -2.02. The van der Waals surface area contributed by atoms with E-state index in [0.717, 1.165) is 34.4 Å². The normalized spacial score (nSPS) is 14.2. The number of fused-ring (bicyclic) bond motifs is 2. The Morgan fingerprint density at radius 3 is 2.75 bits per heavy atom. The van der Waals surface area contributed by atoms with Crippen LogP contribution in [0.2, 0.25) is 4.34 Å². The molecule has 16 heavy (non-hydrogen) atoms. The van der Waals surface area contributed by atoms with Crippen molar-refractivity contribution in [2.75, 3.05) is 0 Å². The second kappa shape index (κ2) is 3.72. The van der Waals surface area contributed by atoms with Gasteiger partial charge in [-0.15, -0.1) is 11.3 Å². The number of hydrogen-bond acceptors (Lipinski definition) is 2. The van der Waals surface area contributed by atoms with E-state index in [1.165, 1.54) is 11.3 Å². The van der Waals surface area contributed by atoms with Crippen molar-refractivity contribution in [3.63, 3.8) is 0 Å². The first-order chi connectivity index (χ1) is 7.75. The summed E-state index contributed by atoms with van der Waals surface area (Å²) < 4.78 is 0.706. The van der Waals surface area contributed by atoms with E-state index in [1.54, 1.807) is 0 Å². The maximum absolute atomic E-state index is 12.3. The Labute approximate surface area is 103 Å². The van der Waals surface area contributed by atoms with Gasteiger partial charge in [-0.2, -0.15) is 0 Å². The van der Waals surface area contributed by atoms with E-state index in [1.807, 2.05) is 30.3 Å². The molecule has 0 saturated heterocycles. The molecular weight excluding hydrogens is 240 g/mol. The molecule has 0 unspecified atom stereocenters. The van der Waals surface area contributed by atoms with E-state index in [-0.39, 0.29) is 5.78 Å². The number of carbonyl (C=O) groups excluding carboxylic acids is 1. The number of hydrogen-bond donors (Lipinski definition) is 0. The Morgan fingerprint density at radius 1 is 1.12 bits per heavy atom. The molecule has 3 heteroatoms. The highest BCUT2D eigenvalue weighted by atomic mass is 35.5. The number of aryl methyl sites for hydroxylation is 2. The second-order valence-electron chi connectivity index (χ2n) is 3.89. The lowest BCUT2D eigenvalue weighted by molar-refractivity contribution is 0.104. The highest BCUT2D eigenvalue weighted by Gasteiger charge is 2.22. The van der Waals surface area contributed by atoms with Gasteiger partial charge in [0.25, 0.3) is 0 Å². The highest BCUT2D eigenvalue weighted by Crippen LogP contribution is 2.33. The fraction of sp³-hybridized carbons (Fsp3) is 0.154. The van der Waals surface area contributed by atoms with Gasteiger partial charge >= 0.3 is 0 Å². The van der Waals surface area contributed by atoms with Crippen molar-refractivity contribution < 1.29 is 4.79 Å². The third-order valence-electron chi connectivity index (χ3n) is 2.91. The number of rotatable bonds is 0. The Kier molecular flexibility index (Phi) is 2.34. The van der Waals surface area contributed by atoms with Gasteiger partial charge in [0, 0.05) is 5.56 Å². The van der Waals surface area contributed by atoms with Crippen LogP contribution in [-0.4, -0.2) is 5.78 Å². The minimum Gasteiger partial charge on any atom is -0.288 e. The van der Waals surface area contributed by atoms with Crippen molar-refractivity contribution in [1.82, 2.24) is 0 Å². The van der Waals surface area contributed by atoms with Gasteiger partial charge in [0.2, 0.25) is 5.78 Å². The van der Waals surface area contributed by atoms with Crippen LogP contribution in [0.15, 0.2) is 30.3 Å². The molecule has 1 aliphatic rings. The van der Waals surface area contributed by atoms with E-state index >= 15 is 0 Å². The van der Waals surface area contributed by atoms with Crippen molar-refractivity contribution in [2.45, 2.75) is 12.8 Å². The predicted molar refractivity (Wildman–Crippen MR) is 66.6 cm³/mol. The fourth-order valence-electron chi connectivity index (χ4n) is 2.12. The molecule has 0 N–H and O–H groups in total. The van der Waals surface area contributed by atoms with Crippen LogP contribution in [0.1, 0.15) is 26.4 Å². The largest absolute Gasteiger partial charge is 0.288 e. The first kappa shape index (κ1) is 10.1. The molecule has 0 fully saturated rings. The molecule has 1 aliphatic carbocycles. The fourth-order valence-corrected chi connectivity index (χ4v) is 3.38. The predicted octanol–water partition coefficient (Wildman–Crippen LogP) is 3.73. The maximum Gasteiger partial charge on any atom is 0.203 e. The molecule has 0 bridgehead atoms. The van der Waals surface area contributed by atoms with E-state index in [0.29, 0.717) is 4.34 Å². The monoisotopic (exact) mass is 248 g/mol. The zero-order valence-corrected chi connectivity index (χ0v) is 10.1. The summed E-state index contributed by atoms with van der Waals surface area (Å²) in [6, 6.07) is 9.76. The molecule has 2 aromatic rings. The number of benzene rings is 1. The first-order valence-electron chi connectivity index (χ1n) is 5.16. The van der Waals surface area contributed by atoms with Gasteiger partial charge in [0.05, 0.1) is 9.21 Å². The van der Waals surface area contributed by atoms with Crippen LogP contribution in [0.25, 0.3) is 0 Å². The summed E-state index contributed by atoms with van der Waals surface area (Å²) in [4.78, 5) is 13.1. The third-order valence-corrected chi connectivity index (χ3v) is 4.22. The van der Waals surface area contributed by atoms with Crippen LogP contribution >= 0.6 is 22.9 Å². The average molecular weight is 249 g/mol. The molecule has 0 aliphatic heterocycles. The van der Waals surface area contributed by atoms with Gasteiger partial charge in [-0.25, -0.2) is 0 Å². The molecule has 80 valence electrons. The zero-order valence-electron chi connectivity index (χ0n) is 8.50. The van der Waals surface area contributed by atoms with Crippen LogP contribution in [0.4, 0.5) is 0 Å². The lowest BCUT2D eigenvalue weighted by atomic mass is 10.0. The van der Waals surface area contributed by atoms with Gasteiger partial charge in [0.15, 0.2) is 0 Å². The molecule has 1 aromatic heterocycles. The number of carbonyl (C=O) groups is 1. The topological polar surface area (TPSA) is 17.1 Å². The smallest absolute Gasteiger partial charge is 0.203 e. The molecule has 1 heterocycles. The van der Waals surface area contributed by atoms with Crippen molar-refractivity contribution in [3.05, 3.63) is 56.2 Å². The van der Waals surface area contributed by atoms with Gasteiger partial charge in [-0.1, -0.05) is 35.9 Å². The standard InChI is InChI=1S/C13H9ClOS/c14-11-7-9-6-5-8-3-1-2-4-10(8)12(15)13(9)16-11/h1-4,7H,5-6H2. The Balaban J connectivity index is 2.21. The summed E-state index contributed by atoms with van der Waals surface area (Å²) in [5.41, 5.74) is 3.07. The van der Waals surface area contributed by atoms with Gasteiger partial charge < -0.3 is 0 Å². The van der Waals surface area contributed by atoms with Crippen molar-refractivity contribution in [3.8, 4) is 0 Å². The third kappa shape index (κ3) is 1.49. The summed E-state index contributed by atoms with van der Waals surface area (Å²) in [7, 11) is 0. The van der Waals surface area contributed by atoms with Gasteiger partial charge in [-0.05, 0) is 30.0 Å². The summed E-state index contributed by atoms with van der Waals surface area (Å²) in [5.74, 6) is 0.125. The summed E-state index contributed by atoms with van der Waals surface area (Å²) in [5, 5.41) is 0. The number of halogens is 1. The molecule has 3 rings (SSSR count). The zero-order chi connectivity index (χ0) is 11.1. The van der Waals surface area contributed by atoms with Crippen LogP contribution in [-0.2, 0) is 12.8 Å². The van der Waals surface area contributed by atoms with E-state index in [9.17, 15) is 4.79 Å². The summed E-state index contributed by atoms with van der Waals surface area (Å²) in [6.45, 7) is 0. The van der Waals surface area contributed by atoms with Crippen LogP contribution < -0.4 is 0 Å².